The highest BCUT2D eigenvalue weighted by atomic mass is 16.3. The lowest BCUT2D eigenvalue weighted by molar-refractivity contribution is 0.111. The Morgan fingerprint density at radius 1 is 1.43 bits per heavy atom. The van der Waals surface area contributed by atoms with Crippen molar-refractivity contribution in [1.82, 2.24) is 4.98 Å². The topological polar surface area (TPSA) is 57.2 Å². The lowest BCUT2D eigenvalue weighted by Gasteiger charge is -2.19. The maximum Gasteiger partial charge on any atom is 0.130 e. The van der Waals surface area contributed by atoms with Gasteiger partial charge in [-0.05, 0) is 32.9 Å². The smallest absolute Gasteiger partial charge is 0.130 e. The van der Waals surface area contributed by atoms with Gasteiger partial charge in [-0.2, -0.15) is 0 Å². The Balaban J connectivity index is 2.64. The number of aromatic nitrogens is 1. The molecule has 0 aromatic carbocycles. The molecule has 0 aliphatic rings. The molecule has 14 heavy (non-hydrogen) atoms. The van der Waals surface area contributed by atoms with Gasteiger partial charge in [0, 0.05) is 6.54 Å². The summed E-state index contributed by atoms with van der Waals surface area (Å²) in [6.07, 6.45) is 1.73. The molecule has 4 heteroatoms. The van der Waals surface area contributed by atoms with E-state index in [9.17, 15) is 5.11 Å². The largest absolute Gasteiger partial charge is 0.384 e. The van der Waals surface area contributed by atoms with Gasteiger partial charge >= 0.3 is 0 Å². The molecule has 0 aliphatic heterocycles. The van der Waals surface area contributed by atoms with Gasteiger partial charge in [0.05, 0.1) is 11.9 Å². The minimum absolute atomic E-state index is 0.666. The first-order valence-corrected chi connectivity index (χ1v) is 4.72. The third-order valence-corrected chi connectivity index (χ3v) is 1.58. The second-order valence-electron chi connectivity index (χ2n) is 3.65. The summed E-state index contributed by atoms with van der Waals surface area (Å²) in [5.74, 6) is 0.666. The Morgan fingerprint density at radius 2 is 2.14 bits per heavy atom. The molecule has 0 aliphatic carbocycles. The number of hydrogen-bond donors (Lipinski definition) is 3. The zero-order chi connectivity index (χ0) is 10.6. The number of rotatable bonds is 4. The predicted molar refractivity (Wildman–Crippen MR) is 58.3 cm³/mol. The number of nitrogens with zero attached hydrogens (tertiary/aromatic N) is 1. The standard InChI is InChI=1S/C10H17N3O/c1-4-11-8-5-6-9(12-7-8)13-10(2,3)14/h5-7,11,14H,4H2,1-3H3,(H,12,13). The van der Waals surface area contributed by atoms with Crippen molar-refractivity contribution in [2.45, 2.75) is 26.5 Å². The van der Waals surface area contributed by atoms with Crippen LogP contribution in [0.4, 0.5) is 11.5 Å². The summed E-state index contributed by atoms with van der Waals surface area (Å²) in [5, 5.41) is 15.5. The van der Waals surface area contributed by atoms with Crippen molar-refractivity contribution in [2.75, 3.05) is 17.2 Å². The van der Waals surface area contributed by atoms with E-state index in [0.717, 1.165) is 12.2 Å². The fraction of sp³-hybridized carbons (Fsp3) is 0.500. The number of pyridine rings is 1. The van der Waals surface area contributed by atoms with Gasteiger partial charge in [0.1, 0.15) is 11.5 Å². The van der Waals surface area contributed by atoms with E-state index in [1.54, 1.807) is 20.0 Å². The van der Waals surface area contributed by atoms with E-state index in [2.05, 4.69) is 15.6 Å². The minimum atomic E-state index is -0.938. The van der Waals surface area contributed by atoms with Crippen molar-refractivity contribution in [2.24, 2.45) is 0 Å². The van der Waals surface area contributed by atoms with Crippen LogP contribution in [0.1, 0.15) is 20.8 Å². The molecule has 0 amide bonds. The number of anilines is 2. The summed E-state index contributed by atoms with van der Waals surface area (Å²) in [7, 11) is 0. The molecule has 3 N–H and O–H groups in total. The number of hydrogen-bond acceptors (Lipinski definition) is 4. The van der Waals surface area contributed by atoms with Crippen LogP contribution >= 0.6 is 0 Å². The van der Waals surface area contributed by atoms with Crippen LogP contribution in [-0.4, -0.2) is 22.4 Å². The molecule has 0 radical (unpaired) electrons. The Kier molecular flexibility index (Phi) is 3.30. The quantitative estimate of drug-likeness (QED) is 0.639. The van der Waals surface area contributed by atoms with Crippen LogP contribution < -0.4 is 10.6 Å². The van der Waals surface area contributed by atoms with Crippen molar-refractivity contribution < 1.29 is 5.11 Å². The third kappa shape index (κ3) is 3.62. The van der Waals surface area contributed by atoms with E-state index in [4.69, 9.17) is 0 Å². The second kappa shape index (κ2) is 4.28. The van der Waals surface area contributed by atoms with Gasteiger partial charge in [0.25, 0.3) is 0 Å². The summed E-state index contributed by atoms with van der Waals surface area (Å²) < 4.78 is 0. The van der Waals surface area contributed by atoms with Crippen molar-refractivity contribution in [3.63, 3.8) is 0 Å². The highest BCUT2D eigenvalue weighted by molar-refractivity contribution is 5.47. The second-order valence-corrected chi connectivity index (χ2v) is 3.65. The van der Waals surface area contributed by atoms with Gasteiger partial charge in [-0.25, -0.2) is 4.98 Å². The molecule has 0 atom stereocenters. The lowest BCUT2D eigenvalue weighted by Crippen LogP contribution is -2.30. The van der Waals surface area contributed by atoms with Crippen molar-refractivity contribution in [3.05, 3.63) is 18.3 Å². The predicted octanol–water partition coefficient (Wildman–Crippen LogP) is 1.65. The van der Waals surface area contributed by atoms with Gasteiger partial charge in [0.15, 0.2) is 0 Å². The molecule has 0 saturated carbocycles. The van der Waals surface area contributed by atoms with Gasteiger partial charge in [-0.15, -0.1) is 0 Å². The number of nitrogens with one attached hydrogen (secondary N) is 2. The number of aliphatic hydroxyl groups is 1. The molecule has 1 rings (SSSR count). The lowest BCUT2D eigenvalue weighted by atomic mass is 10.3. The summed E-state index contributed by atoms with van der Waals surface area (Å²) in [6.45, 7) is 6.25. The van der Waals surface area contributed by atoms with Crippen LogP contribution in [0.5, 0.6) is 0 Å². The third-order valence-electron chi connectivity index (χ3n) is 1.58. The van der Waals surface area contributed by atoms with Crippen LogP contribution in [0.3, 0.4) is 0 Å². The molecule has 1 aromatic rings. The van der Waals surface area contributed by atoms with Crippen LogP contribution in [-0.2, 0) is 0 Å². The van der Waals surface area contributed by atoms with Crippen molar-refractivity contribution >= 4 is 11.5 Å². The van der Waals surface area contributed by atoms with E-state index in [0.29, 0.717) is 5.82 Å². The fourth-order valence-electron chi connectivity index (χ4n) is 1.09. The van der Waals surface area contributed by atoms with E-state index in [-0.39, 0.29) is 0 Å². The van der Waals surface area contributed by atoms with Gasteiger partial charge in [-0.1, -0.05) is 0 Å². The molecule has 78 valence electrons. The van der Waals surface area contributed by atoms with Crippen LogP contribution in [0.2, 0.25) is 0 Å². The highest BCUT2D eigenvalue weighted by Gasteiger charge is 2.11. The molecule has 0 saturated heterocycles. The van der Waals surface area contributed by atoms with Gasteiger partial charge in [0.2, 0.25) is 0 Å². The van der Waals surface area contributed by atoms with Crippen LogP contribution in [0.15, 0.2) is 18.3 Å². The van der Waals surface area contributed by atoms with Gasteiger partial charge in [-0.3, -0.25) is 0 Å². The Hall–Kier alpha value is -1.29. The first kappa shape index (κ1) is 10.8. The zero-order valence-corrected chi connectivity index (χ0v) is 8.83. The molecule has 0 fully saturated rings. The monoisotopic (exact) mass is 195 g/mol. The van der Waals surface area contributed by atoms with E-state index >= 15 is 0 Å². The molecular formula is C10H17N3O. The first-order valence-electron chi connectivity index (χ1n) is 4.72. The van der Waals surface area contributed by atoms with Crippen LogP contribution in [0.25, 0.3) is 0 Å². The molecule has 1 heterocycles. The average Bonchev–Trinajstić information content (AvgIpc) is 2.06. The molecule has 4 nitrogen and oxygen atoms in total. The summed E-state index contributed by atoms with van der Waals surface area (Å²) in [6, 6.07) is 3.75. The molecular weight excluding hydrogens is 178 g/mol. The SMILES string of the molecule is CCNc1ccc(NC(C)(C)O)nc1. The van der Waals surface area contributed by atoms with E-state index in [1.165, 1.54) is 0 Å². The average molecular weight is 195 g/mol. The Bertz CT molecular complexity index is 276. The fourth-order valence-corrected chi connectivity index (χ4v) is 1.09. The molecule has 0 bridgehead atoms. The maximum absolute atomic E-state index is 9.48. The molecule has 0 spiro atoms. The summed E-state index contributed by atoms with van der Waals surface area (Å²) in [4.78, 5) is 4.15. The molecule has 1 aromatic heterocycles. The highest BCUT2D eigenvalue weighted by Crippen LogP contribution is 2.12. The first-order chi connectivity index (χ1) is 6.51. The Morgan fingerprint density at radius 3 is 2.57 bits per heavy atom. The van der Waals surface area contributed by atoms with Crippen molar-refractivity contribution in [3.8, 4) is 0 Å². The van der Waals surface area contributed by atoms with Gasteiger partial charge < -0.3 is 15.7 Å². The normalized spacial score (nSPS) is 11.1. The summed E-state index contributed by atoms with van der Waals surface area (Å²) >= 11 is 0. The zero-order valence-electron chi connectivity index (χ0n) is 8.83. The summed E-state index contributed by atoms with van der Waals surface area (Å²) in [5.41, 5.74) is 0.0426. The van der Waals surface area contributed by atoms with Crippen LogP contribution in [0, 0.1) is 0 Å². The van der Waals surface area contributed by atoms with Crippen molar-refractivity contribution in [1.29, 1.82) is 0 Å². The minimum Gasteiger partial charge on any atom is -0.384 e. The molecule has 0 unspecified atom stereocenters. The Labute approximate surface area is 84.4 Å². The van der Waals surface area contributed by atoms with E-state index in [1.807, 2.05) is 19.1 Å². The van der Waals surface area contributed by atoms with E-state index < -0.39 is 5.72 Å². The maximum atomic E-state index is 9.48.